The van der Waals surface area contributed by atoms with Crippen molar-refractivity contribution < 1.29 is 37.1 Å². The topological polar surface area (TPSA) is 27.7 Å². The van der Waals surface area contributed by atoms with E-state index in [9.17, 15) is 0 Å². The predicted octanol–water partition coefficient (Wildman–Crippen LogP) is 5.86. The molecule has 0 radical (unpaired) electrons. The van der Waals surface area contributed by atoms with Crippen LogP contribution in [0.15, 0.2) is 36.4 Å². The van der Waals surface area contributed by atoms with Crippen molar-refractivity contribution in [3.63, 3.8) is 0 Å². The van der Waals surface area contributed by atoms with Gasteiger partial charge in [-0.3, -0.25) is 23.5 Å². The van der Waals surface area contributed by atoms with Crippen LogP contribution in [-0.2, 0) is 13.6 Å². The van der Waals surface area contributed by atoms with Crippen LogP contribution in [0.25, 0.3) is 0 Å². The zero-order valence-electron chi connectivity index (χ0n) is 17.4. The summed E-state index contributed by atoms with van der Waals surface area (Å²) < 4.78 is 18.5. The predicted molar refractivity (Wildman–Crippen MR) is 111 cm³/mol. The third kappa shape index (κ3) is 9.95. The monoisotopic (exact) mass is 438 g/mol. The molecule has 0 amide bonds. The van der Waals surface area contributed by atoms with E-state index in [1.165, 1.54) is 12.8 Å². The van der Waals surface area contributed by atoms with Gasteiger partial charge in [-0.1, -0.05) is 56.2 Å². The maximum atomic E-state index is 6.16. The van der Waals surface area contributed by atoms with Gasteiger partial charge in [0.25, 0.3) is 0 Å². The number of hydrogen-bond acceptors (Lipinski definition) is 3. The van der Waals surface area contributed by atoms with Crippen LogP contribution in [0.2, 0.25) is 6.04 Å². The molecule has 28 heavy (non-hydrogen) atoms. The van der Waals surface area contributed by atoms with E-state index in [2.05, 4.69) is 27.7 Å². The summed E-state index contributed by atoms with van der Waals surface area (Å²) in [5, 5.41) is -0.119. The highest BCUT2D eigenvalue weighted by atomic mass is 28.4. The van der Waals surface area contributed by atoms with Crippen molar-refractivity contribution in [3.8, 4) is 0 Å². The SMILES string of the molecule is CCOC1(CC)CCCC[Si]1(OCC)OCC.F.F.F.F.F.c1ccccc1. The molecule has 1 heterocycles. The summed E-state index contributed by atoms with van der Waals surface area (Å²) in [5.41, 5.74) is 0. The maximum Gasteiger partial charge on any atom is 0.371 e. The van der Waals surface area contributed by atoms with E-state index >= 15 is 0 Å². The van der Waals surface area contributed by atoms with E-state index in [-0.39, 0.29) is 28.7 Å². The summed E-state index contributed by atoms with van der Waals surface area (Å²) >= 11 is 0. The fraction of sp³-hybridized carbons (Fsp3) is 0.684. The lowest BCUT2D eigenvalue weighted by Gasteiger charge is -2.49. The van der Waals surface area contributed by atoms with E-state index in [0.29, 0.717) is 0 Å². The van der Waals surface area contributed by atoms with Crippen LogP contribution in [0.3, 0.4) is 0 Å². The summed E-state index contributed by atoms with van der Waals surface area (Å²) in [6.07, 6.45) is 4.57. The van der Waals surface area contributed by atoms with Crippen LogP contribution >= 0.6 is 0 Å². The van der Waals surface area contributed by atoms with Crippen molar-refractivity contribution in [3.05, 3.63) is 36.4 Å². The molecule has 0 saturated carbocycles. The van der Waals surface area contributed by atoms with E-state index < -0.39 is 8.56 Å². The molecule has 1 aromatic carbocycles. The molecule has 1 fully saturated rings. The third-order valence-electron chi connectivity index (χ3n) is 4.44. The number of hydrogen-bond donors (Lipinski definition) is 0. The van der Waals surface area contributed by atoms with Crippen molar-refractivity contribution >= 4 is 8.56 Å². The second-order valence-electron chi connectivity index (χ2n) is 5.76. The molecule has 3 nitrogen and oxygen atoms in total. The molecule has 0 aliphatic carbocycles. The highest BCUT2D eigenvalue weighted by molar-refractivity contribution is 6.70. The lowest BCUT2D eigenvalue weighted by Crippen LogP contribution is -2.65. The summed E-state index contributed by atoms with van der Waals surface area (Å²) in [6, 6.07) is 13.1. The third-order valence-corrected chi connectivity index (χ3v) is 9.10. The minimum atomic E-state index is -2.21. The molecule has 0 spiro atoms. The van der Waals surface area contributed by atoms with Crippen LogP contribution < -0.4 is 0 Å². The van der Waals surface area contributed by atoms with Gasteiger partial charge in [0, 0.05) is 19.8 Å². The molecule has 2 rings (SSSR count). The first-order valence-corrected chi connectivity index (χ1v) is 11.1. The summed E-state index contributed by atoms with van der Waals surface area (Å²) in [6.45, 7) is 10.6. The van der Waals surface area contributed by atoms with Crippen LogP contribution in [0.5, 0.6) is 0 Å². The Labute approximate surface area is 167 Å². The van der Waals surface area contributed by atoms with Gasteiger partial charge in [-0.05, 0) is 39.7 Å². The fourth-order valence-electron chi connectivity index (χ4n) is 3.49. The molecule has 1 aromatic rings. The van der Waals surface area contributed by atoms with Crippen LogP contribution in [0.1, 0.15) is 53.4 Å². The summed E-state index contributed by atoms with van der Waals surface area (Å²) in [5.74, 6) is 0. The molecule has 0 bridgehead atoms. The molecule has 1 atom stereocenters. The Kier molecular flexibility index (Phi) is 27.9. The summed E-state index contributed by atoms with van der Waals surface area (Å²) in [7, 11) is -2.21. The Balaban J connectivity index is -0.000000139. The Morgan fingerprint density at radius 2 is 1.11 bits per heavy atom. The zero-order valence-corrected chi connectivity index (χ0v) is 18.4. The van der Waals surface area contributed by atoms with E-state index in [4.69, 9.17) is 13.6 Å². The molecule has 172 valence electrons. The quantitative estimate of drug-likeness (QED) is 0.394. The zero-order chi connectivity index (χ0) is 17.0. The Morgan fingerprint density at radius 3 is 1.43 bits per heavy atom. The maximum absolute atomic E-state index is 6.16. The van der Waals surface area contributed by atoms with Gasteiger partial charge in [-0.15, -0.1) is 0 Å². The summed E-state index contributed by atoms with van der Waals surface area (Å²) in [4.78, 5) is 0. The number of halogens is 5. The van der Waals surface area contributed by atoms with Crippen LogP contribution in [-0.4, -0.2) is 33.6 Å². The van der Waals surface area contributed by atoms with Gasteiger partial charge in [0.1, 0.15) is 5.22 Å². The van der Waals surface area contributed by atoms with Gasteiger partial charge in [0.15, 0.2) is 0 Å². The average Bonchev–Trinajstić information content (AvgIpc) is 2.60. The molecule has 0 aromatic heterocycles. The Hall–Kier alpha value is -1.03. The normalized spacial score (nSPS) is 18.9. The van der Waals surface area contributed by atoms with Crippen LogP contribution in [0.4, 0.5) is 23.5 Å². The van der Waals surface area contributed by atoms with Crippen molar-refractivity contribution in [2.24, 2.45) is 0 Å². The van der Waals surface area contributed by atoms with Crippen molar-refractivity contribution in [2.75, 3.05) is 19.8 Å². The standard InChI is InChI=1S/C13H28O3Si.C6H6.5FH/c1-5-13(14-6-2)11-9-10-12-17(13,15-7-3)16-8-4;1-2-4-6-5-3-1;;;;;/h5-12H2,1-4H3;1-6H;5*1H. The highest BCUT2D eigenvalue weighted by Gasteiger charge is 2.58. The second-order valence-corrected chi connectivity index (χ2v) is 9.26. The van der Waals surface area contributed by atoms with Crippen molar-refractivity contribution in [2.45, 2.75) is 64.6 Å². The number of rotatable bonds is 7. The molecule has 9 heteroatoms. The van der Waals surface area contributed by atoms with E-state index in [0.717, 1.165) is 38.7 Å². The second kappa shape index (κ2) is 20.7. The number of ether oxygens (including phenoxy) is 1. The van der Waals surface area contributed by atoms with Gasteiger partial charge >= 0.3 is 8.56 Å². The molecule has 1 aliphatic heterocycles. The highest BCUT2D eigenvalue weighted by Crippen LogP contribution is 2.42. The fourth-order valence-corrected chi connectivity index (χ4v) is 7.96. The molecule has 1 aliphatic rings. The largest absolute Gasteiger partial charge is 0.393 e. The molecular weight excluding hydrogens is 399 g/mol. The Morgan fingerprint density at radius 1 is 0.679 bits per heavy atom. The molecule has 1 unspecified atom stereocenters. The number of benzene rings is 1. The first kappa shape index (κ1) is 37.7. The van der Waals surface area contributed by atoms with Crippen LogP contribution in [0, 0.1) is 0 Å². The minimum Gasteiger partial charge on any atom is -0.393 e. The van der Waals surface area contributed by atoms with Crippen molar-refractivity contribution in [1.29, 1.82) is 0 Å². The smallest absolute Gasteiger partial charge is 0.371 e. The van der Waals surface area contributed by atoms with Gasteiger partial charge in [-0.25, -0.2) is 0 Å². The molecular formula is C19H39F5O3Si. The van der Waals surface area contributed by atoms with E-state index in [1.807, 2.05) is 36.4 Å². The average molecular weight is 439 g/mol. The molecule has 1 saturated heterocycles. The van der Waals surface area contributed by atoms with Gasteiger partial charge in [0.2, 0.25) is 0 Å². The first-order valence-electron chi connectivity index (χ1n) is 9.12. The minimum absolute atomic E-state index is 0. The lowest BCUT2D eigenvalue weighted by molar-refractivity contribution is -0.0426. The van der Waals surface area contributed by atoms with Crippen molar-refractivity contribution in [1.82, 2.24) is 0 Å². The molecule has 0 N–H and O–H groups in total. The van der Waals surface area contributed by atoms with Gasteiger partial charge < -0.3 is 13.6 Å². The van der Waals surface area contributed by atoms with Gasteiger partial charge in [0.05, 0.1) is 0 Å². The Bertz CT molecular complexity index is 376. The van der Waals surface area contributed by atoms with E-state index in [1.54, 1.807) is 0 Å². The lowest BCUT2D eigenvalue weighted by atomic mass is 10.1. The first-order chi connectivity index (χ1) is 11.2. The van der Waals surface area contributed by atoms with Gasteiger partial charge in [-0.2, -0.15) is 0 Å².